The Balaban J connectivity index is 2.54. The maximum atomic E-state index is 11.0. The fourth-order valence-corrected chi connectivity index (χ4v) is 1.28. The smallest absolute Gasteiger partial charge is 0.249 e. The molecule has 5 heteroatoms. The second kappa shape index (κ2) is 3.53. The Bertz CT molecular complexity index is 574. The van der Waals surface area contributed by atoms with Gasteiger partial charge in [0.1, 0.15) is 11.5 Å². The molecule has 0 saturated heterocycles. The number of pyridine rings is 2. The fraction of sp³-hybridized carbons (Fsp3) is 0.100. The van der Waals surface area contributed by atoms with Crippen LogP contribution in [0.3, 0.4) is 0 Å². The summed E-state index contributed by atoms with van der Waals surface area (Å²) in [5.74, 6) is 0.233. The van der Waals surface area contributed by atoms with Crippen molar-refractivity contribution in [1.29, 1.82) is 0 Å². The molecule has 2 N–H and O–H groups in total. The van der Waals surface area contributed by atoms with Gasteiger partial charge in [-0.3, -0.25) is 9.59 Å². The van der Waals surface area contributed by atoms with Crippen LogP contribution in [0.4, 0.5) is 5.82 Å². The monoisotopic (exact) mass is 203 g/mol. The molecule has 15 heavy (non-hydrogen) atoms. The fourth-order valence-electron chi connectivity index (χ4n) is 1.28. The van der Waals surface area contributed by atoms with Crippen LogP contribution in [-0.2, 0) is 4.79 Å². The molecular weight excluding hydrogens is 194 g/mol. The van der Waals surface area contributed by atoms with E-state index in [0.717, 1.165) is 5.39 Å². The Labute approximate surface area is 85.2 Å². The highest BCUT2D eigenvalue weighted by molar-refractivity contribution is 5.89. The van der Waals surface area contributed by atoms with Crippen molar-refractivity contribution in [2.24, 2.45) is 0 Å². The molecule has 1 amide bonds. The number of aromatic nitrogens is 2. The van der Waals surface area contributed by atoms with Crippen LogP contribution >= 0.6 is 0 Å². The highest BCUT2D eigenvalue weighted by Gasteiger charge is 1.99. The van der Waals surface area contributed by atoms with E-state index in [1.165, 1.54) is 13.0 Å². The van der Waals surface area contributed by atoms with Crippen molar-refractivity contribution in [3.05, 3.63) is 34.6 Å². The summed E-state index contributed by atoms with van der Waals surface area (Å²) in [7, 11) is 0. The van der Waals surface area contributed by atoms with Crippen LogP contribution in [0, 0.1) is 0 Å². The zero-order valence-corrected chi connectivity index (χ0v) is 8.07. The Kier molecular flexibility index (Phi) is 2.21. The minimum Gasteiger partial charge on any atom is -0.311 e. The predicted octanol–water partition coefficient (Wildman–Crippen LogP) is 0.881. The largest absolute Gasteiger partial charge is 0.311 e. The number of hydrogen-bond donors (Lipinski definition) is 2. The first kappa shape index (κ1) is 9.39. The number of nitrogens with one attached hydrogen (secondary N) is 2. The second-order valence-electron chi connectivity index (χ2n) is 3.14. The Hall–Kier alpha value is -2.17. The molecule has 0 saturated carbocycles. The molecule has 2 rings (SSSR count). The van der Waals surface area contributed by atoms with Crippen LogP contribution in [0.15, 0.2) is 29.1 Å². The van der Waals surface area contributed by atoms with E-state index in [-0.39, 0.29) is 11.5 Å². The lowest BCUT2D eigenvalue weighted by atomic mass is 10.3. The number of aromatic amines is 1. The molecule has 0 aliphatic heterocycles. The van der Waals surface area contributed by atoms with E-state index in [4.69, 9.17) is 0 Å². The molecule has 0 fully saturated rings. The third-order valence-corrected chi connectivity index (χ3v) is 1.89. The third kappa shape index (κ3) is 2.01. The lowest BCUT2D eigenvalue weighted by Crippen LogP contribution is -2.09. The summed E-state index contributed by atoms with van der Waals surface area (Å²) in [5, 5.41) is 3.37. The van der Waals surface area contributed by atoms with Gasteiger partial charge in [0, 0.05) is 18.4 Å². The van der Waals surface area contributed by atoms with Gasteiger partial charge in [-0.2, -0.15) is 0 Å². The van der Waals surface area contributed by atoms with Gasteiger partial charge in [-0.05, 0) is 18.2 Å². The topological polar surface area (TPSA) is 74.8 Å². The number of H-pyrrole nitrogens is 1. The van der Waals surface area contributed by atoms with E-state index < -0.39 is 0 Å². The Morgan fingerprint density at radius 2 is 2.07 bits per heavy atom. The van der Waals surface area contributed by atoms with Gasteiger partial charge in [-0.15, -0.1) is 0 Å². The van der Waals surface area contributed by atoms with Gasteiger partial charge >= 0.3 is 0 Å². The average Bonchev–Trinajstić information content (AvgIpc) is 2.16. The molecule has 2 aromatic heterocycles. The average molecular weight is 203 g/mol. The lowest BCUT2D eigenvalue weighted by molar-refractivity contribution is -0.114. The normalized spacial score (nSPS) is 10.2. The summed E-state index contributed by atoms with van der Waals surface area (Å²) in [6.45, 7) is 1.40. The van der Waals surface area contributed by atoms with Crippen molar-refractivity contribution < 1.29 is 4.79 Å². The van der Waals surface area contributed by atoms with Gasteiger partial charge in [0.05, 0.1) is 0 Å². The van der Waals surface area contributed by atoms with E-state index in [0.29, 0.717) is 11.5 Å². The number of hydrogen-bond acceptors (Lipinski definition) is 3. The van der Waals surface area contributed by atoms with E-state index in [2.05, 4.69) is 15.3 Å². The molecule has 2 aromatic rings. The summed E-state index contributed by atoms with van der Waals surface area (Å²) >= 11 is 0. The zero-order chi connectivity index (χ0) is 10.8. The van der Waals surface area contributed by atoms with Gasteiger partial charge in [-0.25, -0.2) is 4.98 Å². The van der Waals surface area contributed by atoms with Crippen LogP contribution < -0.4 is 10.9 Å². The van der Waals surface area contributed by atoms with Crippen molar-refractivity contribution in [3.8, 4) is 0 Å². The van der Waals surface area contributed by atoms with Crippen molar-refractivity contribution in [2.75, 3.05) is 5.32 Å². The van der Waals surface area contributed by atoms with E-state index in [1.807, 2.05) is 0 Å². The van der Waals surface area contributed by atoms with Crippen molar-refractivity contribution in [1.82, 2.24) is 9.97 Å². The molecule has 0 aliphatic rings. The van der Waals surface area contributed by atoms with Crippen LogP contribution in [0.1, 0.15) is 6.92 Å². The number of carbonyl (C=O) groups excluding carboxylic acids is 1. The third-order valence-electron chi connectivity index (χ3n) is 1.89. The number of fused-ring (bicyclic) bond motifs is 1. The zero-order valence-electron chi connectivity index (χ0n) is 8.07. The first-order valence-electron chi connectivity index (χ1n) is 4.43. The van der Waals surface area contributed by atoms with Crippen LogP contribution in [0.5, 0.6) is 0 Å². The van der Waals surface area contributed by atoms with Crippen LogP contribution in [0.25, 0.3) is 11.0 Å². The number of rotatable bonds is 1. The summed E-state index contributed by atoms with van der Waals surface area (Å²) in [5.41, 5.74) is 0.253. The number of amides is 1. The van der Waals surface area contributed by atoms with Gasteiger partial charge in [0.15, 0.2) is 0 Å². The number of nitrogens with zero attached hydrogens (tertiary/aromatic N) is 1. The standard InChI is InChI=1S/C10H9N3O2/c1-6(14)11-8-4-2-7-3-5-9(15)13-10(7)12-8/h2-5H,1H3,(H2,11,12,13,14,15). The van der Waals surface area contributed by atoms with E-state index >= 15 is 0 Å². The van der Waals surface area contributed by atoms with Gasteiger partial charge < -0.3 is 10.3 Å². The summed E-state index contributed by atoms with van der Waals surface area (Å²) < 4.78 is 0. The molecule has 0 atom stereocenters. The molecule has 0 unspecified atom stereocenters. The molecule has 5 nitrogen and oxygen atoms in total. The summed E-state index contributed by atoms with van der Waals surface area (Å²) in [4.78, 5) is 28.5. The van der Waals surface area contributed by atoms with Crippen molar-refractivity contribution >= 4 is 22.8 Å². The lowest BCUT2D eigenvalue weighted by Gasteiger charge is -2.02. The van der Waals surface area contributed by atoms with Crippen LogP contribution in [-0.4, -0.2) is 15.9 Å². The Morgan fingerprint density at radius 3 is 2.80 bits per heavy atom. The number of carbonyl (C=O) groups is 1. The molecular formula is C10H9N3O2. The second-order valence-corrected chi connectivity index (χ2v) is 3.14. The van der Waals surface area contributed by atoms with Crippen molar-refractivity contribution in [2.45, 2.75) is 6.92 Å². The first-order valence-corrected chi connectivity index (χ1v) is 4.43. The molecule has 0 spiro atoms. The molecule has 0 radical (unpaired) electrons. The molecule has 0 bridgehead atoms. The maximum absolute atomic E-state index is 11.0. The highest BCUT2D eigenvalue weighted by atomic mass is 16.1. The Morgan fingerprint density at radius 1 is 1.33 bits per heavy atom. The highest BCUT2D eigenvalue weighted by Crippen LogP contribution is 2.10. The van der Waals surface area contributed by atoms with Gasteiger partial charge in [0.25, 0.3) is 0 Å². The molecule has 0 aliphatic carbocycles. The summed E-state index contributed by atoms with van der Waals surface area (Å²) in [6.07, 6.45) is 0. The first-order chi connectivity index (χ1) is 7.15. The quantitative estimate of drug-likeness (QED) is 0.722. The van der Waals surface area contributed by atoms with Gasteiger partial charge in [0.2, 0.25) is 11.5 Å². The molecule has 76 valence electrons. The minimum absolute atomic E-state index is 0.194. The number of anilines is 1. The summed E-state index contributed by atoms with van der Waals surface area (Å²) in [6, 6.07) is 6.58. The van der Waals surface area contributed by atoms with E-state index in [9.17, 15) is 9.59 Å². The van der Waals surface area contributed by atoms with Crippen LogP contribution in [0.2, 0.25) is 0 Å². The van der Waals surface area contributed by atoms with E-state index in [1.54, 1.807) is 18.2 Å². The molecule has 0 aromatic carbocycles. The predicted molar refractivity (Wildman–Crippen MR) is 56.7 cm³/mol. The van der Waals surface area contributed by atoms with Gasteiger partial charge in [-0.1, -0.05) is 0 Å². The SMILES string of the molecule is CC(=O)Nc1ccc2ccc(=O)[nH]c2n1. The minimum atomic E-state index is -0.213. The van der Waals surface area contributed by atoms with Crippen molar-refractivity contribution in [3.63, 3.8) is 0 Å². The molecule has 2 heterocycles. The maximum Gasteiger partial charge on any atom is 0.249 e.